The molecule has 0 radical (unpaired) electrons. The lowest BCUT2D eigenvalue weighted by Gasteiger charge is -2.12. The summed E-state index contributed by atoms with van der Waals surface area (Å²) in [5.41, 5.74) is 8.71. The lowest BCUT2D eigenvalue weighted by atomic mass is 9.94. The van der Waals surface area contributed by atoms with E-state index in [1.54, 1.807) is 24.3 Å². The first kappa shape index (κ1) is 20.6. The molecule has 0 bridgehead atoms. The number of nitrogens with two attached hydrogens (primary N) is 1. The average Bonchev–Trinajstić information content (AvgIpc) is 3.35. The third-order valence-electron chi connectivity index (χ3n) is 5.13. The molecule has 8 nitrogen and oxygen atoms in total. The normalized spacial score (nSPS) is 15.0. The van der Waals surface area contributed by atoms with E-state index in [0.717, 1.165) is 5.56 Å². The second-order valence-electron chi connectivity index (χ2n) is 7.74. The standard InChI is InChI=1S/C22H23FN4O4/c1-11(2)30-17-7-3-12(9-16(17)24)22-26-21(27-31-22)19-15(23)6-5-14-13(4-8-18(28)29)10-25-20(14)19/h3,5-7,9,11,13,25H,4,8,10,24H2,1-2H3,(H,28,29). The number of nitrogens with zero attached hydrogens (tertiary/aromatic N) is 2. The van der Waals surface area contributed by atoms with Crippen molar-refractivity contribution in [1.29, 1.82) is 0 Å². The first-order valence-corrected chi connectivity index (χ1v) is 10.0. The second kappa shape index (κ2) is 8.25. The van der Waals surface area contributed by atoms with Gasteiger partial charge in [-0.15, -0.1) is 0 Å². The number of nitrogen functional groups attached to an aromatic ring is 1. The zero-order valence-electron chi connectivity index (χ0n) is 17.2. The molecule has 1 atom stereocenters. The van der Waals surface area contributed by atoms with Crippen LogP contribution in [-0.2, 0) is 4.79 Å². The number of carboxylic acid groups (broad SMARTS) is 1. The van der Waals surface area contributed by atoms with Crippen LogP contribution in [0.4, 0.5) is 15.8 Å². The van der Waals surface area contributed by atoms with Crippen LogP contribution < -0.4 is 15.8 Å². The van der Waals surface area contributed by atoms with Crippen molar-refractivity contribution in [3.8, 4) is 28.6 Å². The molecule has 0 amide bonds. The smallest absolute Gasteiger partial charge is 0.303 e. The molecule has 9 heteroatoms. The molecule has 162 valence electrons. The molecule has 0 saturated carbocycles. The van der Waals surface area contributed by atoms with E-state index in [9.17, 15) is 9.18 Å². The Labute approximate surface area is 178 Å². The number of rotatable bonds is 7. The summed E-state index contributed by atoms with van der Waals surface area (Å²) in [6, 6.07) is 8.17. The van der Waals surface area contributed by atoms with Crippen molar-refractivity contribution < 1.29 is 23.6 Å². The molecule has 31 heavy (non-hydrogen) atoms. The predicted octanol–water partition coefficient (Wildman–Crippen LogP) is 4.29. The molecule has 1 aromatic heterocycles. The molecule has 2 aromatic carbocycles. The van der Waals surface area contributed by atoms with Gasteiger partial charge < -0.3 is 25.4 Å². The number of benzene rings is 2. The van der Waals surface area contributed by atoms with E-state index in [2.05, 4.69) is 15.5 Å². The summed E-state index contributed by atoms with van der Waals surface area (Å²) in [6.07, 6.45) is 0.489. The van der Waals surface area contributed by atoms with E-state index >= 15 is 0 Å². The van der Waals surface area contributed by atoms with Crippen LogP contribution in [0.2, 0.25) is 0 Å². The number of hydrogen-bond acceptors (Lipinski definition) is 7. The van der Waals surface area contributed by atoms with Crippen molar-refractivity contribution in [2.45, 2.75) is 38.7 Å². The van der Waals surface area contributed by atoms with Crippen LogP contribution in [0, 0.1) is 5.82 Å². The largest absolute Gasteiger partial charge is 0.489 e. The first-order chi connectivity index (χ1) is 14.8. The van der Waals surface area contributed by atoms with E-state index in [4.69, 9.17) is 20.1 Å². The quantitative estimate of drug-likeness (QED) is 0.478. The number of carboxylic acids is 1. The molecule has 4 N–H and O–H groups in total. The van der Waals surface area contributed by atoms with Crippen LogP contribution in [-0.4, -0.2) is 33.9 Å². The Balaban J connectivity index is 1.64. The van der Waals surface area contributed by atoms with Gasteiger partial charge in [0.25, 0.3) is 5.89 Å². The number of ether oxygens (including phenoxy) is 1. The Morgan fingerprint density at radius 1 is 1.39 bits per heavy atom. The van der Waals surface area contributed by atoms with E-state index in [-0.39, 0.29) is 35.7 Å². The van der Waals surface area contributed by atoms with E-state index in [1.165, 1.54) is 6.07 Å². The summed E-state index contributed by atoms with van der Waals surface area (Å²) in [6.45, 7) is 4.34. The fraction of sp³-hybridized carbons (Fsp3) is 0.318. The van der Waals surface area contributed by atoms with Gasteiger partial charge in [0.05, 0.1) is 23.0 Å². The summed E-state index contributed by atoms with van der Waals surface area (Å²) in [7, 11) is 0. The molecule has 4 rings (SSSR count). The number of hydrogen-bond donors (Lipinski definition) is 3. The fourth-order valence-corrected chi connectivity index (χ4v) is 3.72. The van der Waals surface area contributed by atoms with Gasteiger partial charge in [-0.25, -0.2) is 4.39 Å². The number of nitrogens with one attached hydrogen (secondary N) is 1. The zero-order chi connectivity index (χ0) is 22.1. The van der Waals surface area contributed by atoms with Gasteiger partial charge in [-0.3, -0.25) is 4.79 Å². The predicted molar refractivity (Wildman–Crippen MR) is 113 cm³/mol. The maximum absolute atomic E-state index is 14.7. The van der Waals surface area contributed by atoms with Gasteiger partial charge in [-0.1, -0.05) is 11.2 Å². The van der Waals surface area contributed by atoms with E-state index in [1.807, 2.05) is 13.8 Å². The monoisotopic (exact) mass is 426 g/mol. The molecule has 1 aliphatic heterocycles. The minimum atomic E-state index is -0.859. The number of aliphatic carboxylic acids is 1. The molecule has 1 unspecified atom stereocenters. The molecule has 0 fully saturated rings. The Hall–Kier alpha value is -3.62. The van der Waals surface area contributed by atoms with Crippen LogP contribution in [0.3, 0.4) is 0 Å². The SMILES string of the molecule is CC(C)Oc1ccc(-c2nc(-c3c(F)ccc4c3NCC4CCC(=O)O)no2)cc1N. The highest BCUT2D eigenvalue weighted by Crippen LogP contribution is 2.42. The average molecular weight is 426 g/mol. The minimum absolute atomic E-state index is 0.0156. The maximum Gasteiger partial charge on any atom is 0.303 e. The van der Waals surface area contributed by atoms with Gasteiger partial charge in [-0.05, 0) is 50.1 Å². The Bertz CT molecular complexity index is 1130. The summed E-state index contributed by atoms with van der Waals surface area (Å²) >= 11 is 0. The van der Waals surface area contributed by atoms with Crippen molar-refractivity contribution in [3.63, 3.8) is 0 Å². The first-order valence-electron chi connectivity index (χ1n) is 10.0. The van der Waals surface area contributed by atoms with Gasteiger partial charge >= 0.3 is 5.97 Å². The van der Waals surface area contributed by atoms with E-state index in [0.29, 0.717) is 35.7 Å². The van der Waals surface area contributed by atoms with Crippen molar-refractivity contribution in [2.24, 2.45) is 0 Å². The van der Waals surface area contributed by atoms with Crippen LogP contribution in [0.1, 0.15) is 38.2 Å². The number of carbonyl (C=O) groups is 1. The van der Waals surface area contributed by atoms with Crippen LogP contribution in [0.15, 0.2) is 34.9 Å². The highest BCUT2D eigenvalue weighted by Gasteiger charge is 2.29. The van der Waals surface area contributed by atoms with Gasteiger partial charge in [0.15, 0.2) is 0 Å². The zero-order valence-corrected chi connectivity index (χ0v) is 17.2. The van der Waals surface area contributed by atoms with Gasteiger partial charge in [0, 0.05) is 24.4 Å². The number of anilines is 2. The van der Waals surface area contributed by atoms with Gasteiger partial charge in [0.1, 0.15) is 11.6 Å². The van der Waals surface area contributed by atoms with Crippen molar-refractivity contribution >= 4 is 17.3 Å². The van der Waals surface area contributed by atoms with Crippen LogP contribution in [0.25, 0.3) is 22.8 Å². The molecular formula is C22H23FN4O4. The van der Waals surface area contributed by atoms with Crippen molar-refractivity contribution in [1.82, 2.24) is 10.1 Å². The van der Waals surface area contributed by atoms with Gasteiger partial charge in [-0.2, -0.15) is 4.98 Å². The fourth-order valence-electron chi connectivity index (χ4n) is 3.72. The summed E-state index contributed by atoms with van der Waals surface area (Å²) < 4.78 is 25.7. The third kappa shape index (κ3) is 4.16. The summed E-state index contributed by atoms with van der Waals surface area (Å²) in [5.74, 6) is -0.500. The van der Waals surface area contributed by atoms with Gasteiger partial charge in [0.2, 0.25) is 5.82 Å². The second-order valence-corrected chi connectivity index (χ2v) is 7.74. The lowest BCUT2D eigenvalue weighted by molar-refractivity contribution is -0.137. The Kier molecular flexibility index (Phi) is 5.50. The molecule has 2 heterocycles. The van der Waals surface area contributed by atoms with Crippen LogP contribution >= 0.6 is 0 Å². The number of halogens is 1. The summed E-state index contributed by atoms with van der Waals surface area (Å²) in [4.78, 5) is 15.3. The Morgan fingerprint density at radius 2 is 2.19 bits per heavy atom. The molecule has 3 aromatic rings. The molecule has 1 aliphatic rings. The summed E-state index contributed by atoms with van der Waals surface area (Å²) in [5, 5.41) is 16.1. The maximum atomic E-state index is 14.7. The van der Waals surface area contributed by atoms with E-state index < -0.39 is 11.8 Å². The molecule has 0 aliphatic carbocycles. The highest BCUT2D eigenvalue weighted by molar-refractivity contribution is 5.80. The van der Waals surface area contributed by atoms with Crippen molar-refractivity contribution in [3.05, 3.63) is 41.7 Å². The third-order valence-corrected chi connectivity index (χ3v) is 5.13. The number of fused-ring (bicyclic) bond motifs is 1. The topological polar surface area (TPSA) is 124 Å². The molecular weight excluding hydrogens is 403 g/mol. The Morgan fingerprint density at radius 3 is 2.90 bits per heavy atom. The molecule has 0 saturated heterocycles. The highest BCUT2D eigenvalue weighted by atomic mass is 19.1. The minimum Gasteiger partial charge on any atom is -0.489 e. The number of aromatic nitrogens is 2. The van der Waals surface area contributed by atoms with Crippen LogP contribution in [0.5, 0.6) is 5.75 Å². The molecule has 0 spiro atoms. The lowest BCUT2D eigenvalue weighted by Crippen LogP contribution is -2.07. The van der Waals surface area contributed by atoms with Crippen molar-refractivity contribution in [2.75, 3.05) is 17.6 Å².